The highest BCUT2D eigenvalue weighted by Crippen LogP contribution is 2.27. The number of urea groups is 1. The van der Waals surface area contributed by atoms with Crippen molar-refractivity contribution < 1.29 is 18.8 Å². The minimum Gasteiger partial charge on any atom is -0.497 e. The van der Waals surface area contributed by atoms with Crippen molar-refractivity contribution in [2.75, 3.05) is 32.1 Å². The molecule has 7 nitrogen and oxygen atoms in total. The standard InChI is InChI=1S/C28H33N3O4/c1-19-18-31(28(32)29-27-20(2)21(3)35-30-27)13-11-24(19)15-23-8-6-10-26(17-23)34-14-12-22-7-5-9-25(16-22)33-4/h5-10,15-17,19H,11-14,18H2,1-4H3,(H,29,30,32). The van der Waals surface area contributed by atoms with Gasteiger partial charge in [0, 0.05) is 25.1 Å². The molecular weight excluding hydrogens is 442 g/mol. The van der Waals surface area contributed by atoms with E-state index < -0.39 is 0 Å². The molecule has 1 atom stereocenters. The molecular formula is C28H33N3O4. The first-order valence-corrected chi connectivity index (χ1v) is 12.0. The second-order valence-electron chi connectivity index (χ2n) is 8.98. The van der Waals surface area contributed by atoms with Crippen molar-refractivity contribution in [3.05, 3.63) is 76.6 Å². The number of carbonyl (C=O) groups is 1. The maximum absolute atomic E-state index is 12.7. The summed E-state index contributed by atoms with van der Waals surface area (Å²) in [6.45, 7) is 7.79. The lowest BCUT2D eigenvalue weighted by Crippen LogP contribution is -2.42. The van der Waals surface area contributed by atoms with Crippen LogP contribution in [0.4, 0.5) is 10.6 Å². The third-order valence-electron chi connectivity index (χ3n) is 6.47. The van der Waals surface area contributed by atoms with E-state index in [-0.39, 0.29) is 11.9 Å². The monoisotopic (exact) mass is 475 g/mol. The molecule has 184 valence electrons. The first-order valence-electron chi connectivity index (χ1n) is 12.0. The Morgan fingerprint density at radius 1 is 1.20 bits per heavy atom. The molecule has 0 aliphatic carbocycles. The van der Waals surface area contributed by atoms with Gasteiger partial charge in [-0.25, -0.2) is 4.79 Å². The van der Waals surface area contributed by atoms with E-state index in [9.17, 15) is 4.79 Å². The highest BCUT2D eigenvalue weighted by molar-refractivity contribution is 5.89. The van der Waals surface area contributed by atoms with Gasteiger partial charge in [-0.15, -0.1) is 0 Å². The van der Waals surface area contributed by atoms with Crippen molar-refractivity contribution in [3.8, 4) is 11.5 Å². The lowest BCUT2D eigenvalue weighted by Gasteiger charge is -2.33. The van der Waals surface area contributed by atoms with E-state index in [2.05, 4.69) is 41.7 Å². The molecule has 1 aromatic heterocycles. The lowest BCUT2D eigenvalue weighted by molar-refractivity contribution is 0.197. The Morgan fingerprint density at radius 3 is 2.74 bits per heavy atom. The Morgan fingerprint density at radius 2 is 2.00 bits per heavy atom. The normalized spacial score (nSPS) is 16.9. The Kier molecular flexibility index (Phi) is 7.75. The van der Waals surface area contributed by atoms with Crippen molar-refractivity contribution in [1.82, 2.24) is 10.1 Å². The lowest BCUT2D eigenvalue weighted by atomic mass is 9.91. The summed E-state index contributed by atoms with van der Waals surface area (Å²) in [5, 5.41) is 6.80. The van der Waals surface area contributed by atoms with Crippen molar-refractivity contribution in [2.24, 2.45) is 5.92 Å². The van der Waals surface area contributed by atoms with Crippen LogP contribution in [0.25, 0.3) is 6.08 Å². The number of likely N-dealkylation sites (tertiary alicyclic amines) is 1. The molecule has 2 amide bonds. The van der Waals surface area contributed by atoms with Crippen molar-refractivity contribution in [1.29, 1.82) is 0 Å². The second kappa shape index (κ2) is 11.1. The van der Waals surface area contributed by atoms with E-state index in [4.69, 9.17) is 14.0 Å². The number of aryl methyl sites for hydroxylation is 1. The maximum Gasteiger partial charge on any atom is 0.323 e. The van der Waals surface area contributed by atoms with Crippen LogP contribution in [0.1, 0.15) is 35.8 Å². The summed E-state index contributed by atoms with van der Waals surface area (Å²) in [7, 11) is 1.68. The molecule has 2 aromatic carbocycles. The molecule has 0 saturated carbocycles. The highest BCUT2D eigenvalue weighted by atomic mass is 16.5. The number of carbonyl (C=O) groups excluding carboxylic acids is 1. The average molecular weight is 476 g/mol. The minimum atomic E-state index is -0.140. The number of nitrogens with one attached hydrogen (secondary N) is 1. The van der Waals surface area contributed by atoms with Gasteiger partial charge in [0.25, 0.3) is 0 Å². The number of hydrogen-bond donors (Lipinski definition) is 1. The Labute approximate surface area is 206 Å². The molecule has 1 aliphatic heterocycles. The number of ether oxygens (including phenoxy) is 2. The number of amides is 2. The third kappa shape index (κ3) is 6.23. The van der Waals surface area contributed by atoms with Crippen LogP contribution < -0.4 is 14.8 Å². The van der Waals surface area contributed by atoms with Gasteiger partial charge in [0.1, 0.15) is 17.3 Å². The summed E-state index contributed by atoms with van der Waals surface area (Å²) in [6.07, 6.45) is 3.86. The highest BCUT2D eigenvalue weighted by Gasteiger charge is 2.25. The third-order valence-corrected chi connectivity index (χ3v) is 6.47. The molecule has 1 N–H and O–H groups in total. The summed E-state index contributed by atoms with van der Waals surface area (Å²) in [5.41, 5.74) is 4.48. The Bertz CT molecular complexity index is 1200. The quantitative estimate of drug-likeness (QED) is 0.462. The van der Waals surface area contributed by atoms with Crippen LogP contribution in [0, 0.1) is 19.8 Å². The zero-order valence-electron chi connectivity index (χ0n) is 20.8. The minimum absolute atomic E-state index is 0.140. The van der Waals surface area contributed by atoms with Crippen molar-refractivity contribution in [2.45, 2.75) is 33.6 Å². The van der Waals surface area contributed by atoms with Crippen molar-refractivity contribution in [3.63, 3.8) is 0 Å². The zero-order valence-corrected chi connectivity index (χ0v) is 20.8. The molecule has 7 heteroatoms. The largest absolute Gasteiger partial charge is 0.497 e. The zero-order chi connectivity index (χ0) is 24.8. The second-order valence-corrected chi connectivity index (χ2v) is 8.98. The van der Waals surface area contributed by atoms with Gasteiger partial charge in [-0.2, -0.15) is 0 Å². The number of rotatable bonds is 7. The number of anilines is 1. The predicted molar refractivity (Wildman–Crippen MR) is 137 cm³/mol. The molecule has 1 saturated heterocycles. The van der Waals surface area contributed by atoms with E-state index in [1.54, 1.807) is 7.11 Å². The fourth-order valence-corrected chi connectivity index (χ4v) is 4.19. The molecule has 0 spiro atoms. The fraction of sp³-hybridized carbons (Fsp3) is 0.357. The topological polar surface area (TPSA) is 76.8 Å². The maximum atomic E-state index is 12.7. The average Bonchev–Trinajstić information content (AvgIpc) is 3.18. The first-order chi connectivity index (χ1) is 16.9. The van der Waals surface area contributed by atoms with Gasteiger partial charge < -0.3 is 18.9 Å². The van der Waals surface area contributed by atoms with Crippen LogP contribution in [0.15, 0.2) is 58.6 Å². The molecule has 1 fully saturated rings. The van der Waals surface area contributed by atoms with Crippen LogP contribution in [0.3, 0.4) is 0 Å². The van der Waals surface area contributed by atoms with Crippen LogP contribution in [-0.4, -0.2) is 42.9 Å². The van der Waals surface area contributed by atoms with Crippen LogP contribution in [0.2, 0.25) is 0 Å². The van der Waals surface area contributed by atoms with Gasteiger partial charge in [0.2, 0.25) is 0 Å². The smallest absolute Gasteiger partial charge is 0.323 e. The van der Waals surface area contributed by atoms with E-state index >= 15 is 0 Å². The predicted octanol–water partition coefficient (Wildman–Crippen LogP) is 5.88. The first kappa shape index (κ1) is 24.4. The molecule has 4 rings (SSSR count). The van der Waals surface area contributed by atoms with Crippen LogP contribution in [-0.2, 0) is 6.42 Å². The van der Waals surface area contributed by atoms with Gasteiger partial charge in [0.05, 0.1) is 13.7 Å². The molecule has 0 radical (unpaired) electrons. The molecule has 35 heavy (non-hydrogen) atoms. The van der Waals surface area contributed by atoms with Crippen molar-refractivity contribution >= 4 is 17.9 Å². The van der Waals surface area contributed by atoms with E-state index in [0.717, 1.165) is 35.5 Å². The summed E-state index contributed by atoms with van der Waals surface area (Å²) >= 11 is 0. The van der Waals surface area contributed by atoms with E-state index in [1.807, 2.05) is 49.1 Å². The summed E-state index contributed by atoms with van der Waals surface area (Å²) in [6, 6.07) is 16.1. The molecule has 2 heterocycles. The molecule has 1 unspecified atom stereocenters. The van der Waals surface area contributed by atoms with E-state index in [0.29, 0.717) is 31.3 Å². The number of benzene rings is 2. The number of piperidine rings is 1. The molecule has 1 aliphatic rings. The SMILES string of the molecule is COc1cccc(CCOc2cccc(C=C3CCN(C(=O)Nc4noc(C)c4C)CC3C)c2)c1. The van der Waals surface area contributed by atoms with Gasteiger partial charge in [-0.05, 0) is 61.6 Å². The van der Waals surface area contributed by atoms with Crippen LogP contribution >= 0.6 is 0 Å². The number of methoxy groups -OCH3 is 1. The number of hydrogen-bond acceptors (Lipinski definition) is 5. The summed E-state index contributed by atoms with van der Waals surface area (Å²) in [4.78, 5) is 14.5. The van der Waals surface area contributed by atoms with Gasteiger partial charge in [-0.1, -0.05) is 48.0 Å². The summed E-state index contributed by atoms with van der Waals surface area (Å²) < 4.78 is 16.4. The van der Waals surface area contributed by atoms with Crippen LogP contribution in [0.5, 0.6) is 11.5 Å². The van der Waals surface area contributed by atoms with Gasteiger partial charge >= 0.3 is 6.03 Å². The Hall–Kier alpha value is -3.74. The van der Waals surface area contributed by atoms with Gasteiger partial charge in [-0.3, -0.25) is 5.32 Å². The molecule has 0 bridgehead atoms. The van der Waals surface area contributed by atoms with E-state index in [1.165, 1.54) is 11.1 Å². The Balaban J connectivity index is 1.32. The number of aromatic nitrogens is 1. The van der Waals surface area contributed by atoms with Gasteiger partial charge in [0.15, 0.2) is 5.82 Å². The fourth-order valence-electron chi connectivity index (χ4n) is 4.19. The summed E-state index contributed by atoms with van der Waals surface area (Å²) in [5.74, 6) is 3.17. The molecule has 3 aromatic rings. The number of nitrogens with zero attached hydrogens (tertiary/aromatic N) is 2.